The third-order valence-corrected chi connectivity index (χ3v) is 3.32. The van der Waals surface area contributed by atoms with Gasteiger partial charge in [-0.1, -0.05) is 0 Å². The summed E-state index contributed by atoms with van der Waals surface area (Å²) in [5.74, 6) is 0.581. The maximum absolute atomic E-state index is 11.5. The number of hydrogen-bond donors (Lipinski definition) is 0. The second-order valence-corrected chi connectivity index (χ2v) is 5.41. The van der Waals surface area contributed by atoms with Gasteiger partial charge in [0, 0.05) is 32.0 Å². The molecule has 7 heteroatoms. The van der Waals surface area contributed by atoms with Gasteiger partial charge in [0.05, 0.1) is 22.1 Å². The molecule has 0 aliphatic carbocycles. The number of aromatic nitrogens is 2. The summed E-state index contributed by atoms with van der Waals surface area (Å²) >= 11 is 0. The lowest BCUT2D eigenvalue weighted by Gasteiger charge is -2.07. The molecule has 0 radical (unpaired) electrons. The minimum Gasteiger partial charge on any atom is -0.463 e. The number of ether oxygens (including phenoxy) is 1. The monoisotopic (exact) mass is 305 g/mol. The average molecular weight is 305 g/mol. The number of hydrogen-bond acceptors (Lipinski definition) is 5. The van der Waals surface area contributed by atoms with Crippen molar-refractivity contribution < 1.29 is 14.5 Å². The van der Waals surface area contributed by atoms with Gasteiger partial charge in [0.25, 0.3) is 5.69 Å². The average Bonchev–Trinajstić information content (AvgIpc) is 2.74. The van der Waals surface area contributed by atoms with Gasteiger partial charge in [-0.15, -0.1) is 0 Å². The van der Waals surface area contributed by atoms with Gasteiger partial charge in [-0.3, -0.25) is 14.9 Å². The predicted molar refractivity (Wildman–Crippen MR) is 81.5 cm³/mol. The molecule has 1 aromatic heterocycles. The Morgan fingerprint density at radius 3 is 2.82 bits per heavy atom. The van der Waals surface area contributed by atoms with Crippen LogP contribution in [0.2, 0.25) is 0 Å². The molecule has 1 aromatic carbocycles. The molecule has 1 heterocycles. The minimum absolute atomic E-state index is 0.0256. The molecule has 7 nitrogen and oxygen atoms in total. The molecular formula is C15H19N3O4. The first-order chi connectivity index (χ1) is 10.4. The molecule has 0 atom stereocenters. The van der Waals surface area contributed by atoms with Crippen LogP contribution in [0.15, 0.2) is 18.2 Å². The van der Waals surface area contributed by atoms with Crippen LogP contribution in [0.3, 0.4) is 0 Å². The molecule has 0 N–H and O–H groups in total. The van der Waals surface area contributed by atoms with E-state index >= 15 is 0 Å². The van der Waals surface area contributed by atoms with Crippen molar-refractivity contribution in [3.8, 4) is 0 Å². The standard InChI is InChI=1S/C15H19N3O4/c1-10(2)22-15(19)6-4-5-14-16-12-9-11(18(20)21)7-8-13(12)17(14)3/h7-10H,4-6H2,1-3H3. The molecule has 22 heavy (non-hydrogen) atoms. The number of rotatable bonds is 6. The summed E-state index contributed by atoms with van der Waals surface area (Å²) in [5, 5.41) is 10.8. The maximum Gasteiger partial charge on any atom is 0.306 e. The molecule has 2 rings (SSSR count). The third-order valence-electron chi connectivity index (χ3n) is 3.32. The number of carbonyl (C=O) groups excluding carboxylic acids is 1. The second-order valence-electron chi connectivity index (χ2n) is 5.41. The fourth-order valence-electron chi connectivity index (χ4n) is 2.29. The molecule has 0 saturated heterocycles. The molecule has 0 amide bonds. The summed E-state index contributed by atoms with van der Waals surface area (Å²) < 4.78 is 6.97. The van der Waals surface area contributed by atoms with Gasteiger partial charge >= 0.3 is 5.97 Å². The lowest BCUT2D eigenvalue weighted by atomic mass is 10.2. The molecule has 0 aliphatic rings. The van der Waals surface area contributed by atoms with E-state index in [0.717, 1.165) is 11.3 Å². The number of aryl methyl sites for hydroxylation is 2. The Balaban J connectivity index is 2.07. The fraction of sp³-hybridized carbons (Fsp3) is 0.467. The van der Waals surface area contributed by atoms with Gasteiger partial charge < -0.3 is 9.30 Å². The Morgan fingerprint density at radius 2 is 2.18 bits per heavy atom. The van der Waals surface area contributed by atoms with Crippen LogP contribution in [0.25, 0.3) is 11.0 Å². The van der Waals surface area contributed by atoms with Crippen molar-refractivity contribution >= 4 is 22.7 Å². The normalized spacial score (nSPS) is 11.1. The first kappa shape index (κ1) is 15.9. The summed E-state index contributed by atoms with van der Waals surface area (Å²) in [4.78, 5) is 26.3. The van der Waals surface area contributed by atoms with Gasteiger partial charge in [-0.05, 0) is 26.3 Å². The number of benzene rings is 1. The number of esters is 1. The fourth-order valence-corrected chi connectivity index (χ4v) is 2.29. The summed E-state index contributed by atoms with van der Waals surface area (Å²) in [6, 6.07) is 4.62. The van der Waals surface area contributed by atoms with E-state index < -0.39 is 4.92 Å². The molecule has 0 spiro atoms. The number of carbonyl (C=O) groups is 1. The highest BCUT2D eigenvalue weighted by Gasteiger charge is 2.13. The molecular weight excluding hydrogens is 286 g/mol. The first-order valence-corrected chi connectivity index (χ1v) is 7.17. The number of imidazole rings is 1. The smallest absolute Gasteiger partial charge is 0.306 e. The second kappa shape index (κ2) is 6.55. The van der Waals surface area contributed by atoms with Gasteiger partial charge in [0.2, 0.25) is 0 Å². The maximum atomic E-state index is 11.5. The van der Waals surface area contributed by atoms with E-state index in [1.807, 2.05) is 25.5 Å². The Hall–Kier alpha value is -2.44. The summed E-state index contributed by atoms with van der Waals surface area (Å²) in [7, 11) is 1.86. The molecule has 118 valence electrons. The zero-order chi connectivity index (χ0) is 16.3. The van der Waals surface area contributed by atoms with Gasteiger partial charge in [0.1, 0.15) is 5.82 Å². The zero-order valence-corrected chi connectivity index (χ0v) is 12.9. The Morgan fingerprint density at radius 1 is 1.45 bits per heavy atom. The molecule has 0 saturated carbocycles. The Bertz CT molecular complexity index is 706. The molecule has 2 aromatic rings. The van der Waals surface area contributed by atoms with Gasteiger partial charge in [-0.2, -0.15) is 0 Å². The molecule has 0 bridgehead atoms. The SMILES string of the molecule is CC(C)OC(=O)CCCc1nc2cc([N+](=O)[O-])ccc2n1C. The number of nitro benzene ring substituents is 1. The van der Waals surface area contributed by atoms with Crippen LogP contribution < -0.4 is 0 Å². The Labute approximate surface area is 128 Å². The number of fused-ring (bicyclic) bond motifs is 1. The van der Waals surface area contributed by atoms with E-state index in [1.54, 1.807) is 6.07 Å². The van der Waals surface area contributed by atoms with Crippen molar-refractivity contribution in [1.29, 1.82) is 0 Å². The lowest BCUT2D eigenvalue weighted by Crippen LogP contribution is -2.11. The van der Waals surface area contributed by atoms with E-state index in [4.69, 9.17) is 4.74 Å². The van der Waals surface area contributed by atoms with Gasteiger partial charge in [-0.25, -0.2) is 4.98 Å². The quantitative estimate of drug-likeness (QED) is 0.465. The van der Waals surface area contributed by atoms with Crippen molar-refractivity contribution in [1.82, 2.24) is 9.55 Å². The van der Waals surface area contributed by atoms with Crippen LogP contribution in [0.1, 0.15) is 32.5 Å². The van der Waals surface area contributed by atoms with Crippen LogP contribution in [0, 0.1) is 10.1 Å². The number of nitrogens with zero attached hydrogens (tertiary/aromatic N) is 3. The highest BCUT2D eigenvalue weighted by molar-refractivity contribution is 5.78. The van der Waals surface area contributed by atoms with E-state index in [0.29, 0.717) is 24.8 Å². The van der Waals surface area contributed by atoms with Crippen LogP contribution in [-0.4, -0.2) is 26.5 Å². The molecule has 0 fully saturated rings. The van der Waals surface area contributed by atoms with Crippen molar-refractivity contribution in [2.24, 2.45) is 7.05 Å². The first-order valence-electron chi connectivity index (χ1n) is 7.17. The molecule has 0 unspecified atom stereocenters. The minimum atomic E-state index is -0.435. The third kappa shape index (κ3) is 3.60. The topological polar surface area (TPSA) is 87.3 Å². The van der Waals surface area contributed by atoms with E-state index in [9.17, 15) is 14.9 Å². The molecule has 0 aliphatic heterocycles. The highest BCUT2D eigenvalue weighted by atomic mass is 16.6. The summed E-state index contributed by atoms with van der Waals surface area (Å²) in [5.41, 5.74) is 1.46. The van der Waals surface area contributed by atoms with Crippen molar-refractivity contribution in [3.05, 3.63) is 34.1 Å². The largest absolute Gasteiger partial charge is 0.463 e. The van der Waals surface area contributed by atoms with Crippen LogP contribution in [-0.2, 0) is 23.0 Å². The number of nitro groups is 1. The van der Waals surface area contributed by atoms with E-state index in [1.165, 1.54) is 12.1 Å². The zero-order valence-electron chi connectivity index (χ0n) is 12.9. The van der Waals surface area contributed by atoms with Crippen molar-refractivity contribution in [3.63, 3.8) is 0 Å². The lowest BCUT2D eigenvalue weighted by molar-refractivity contribution is -0.384. The number of non-ortho nitro benzene ring substituents is 1. The van der Waals surface area contributed by atoms with Crippen molar-refractivity contribution in [2.45, 2.75) is 39.2 Å². The van der Waals surface area contributed by atoms with Crippen LogP contribution in [0.5, 0.6) is 0 Å². The van der Waals surface area contributed by atoms with Crippen molar-refractivity contribution in [2.75, 3.05) is 0 Å². The predicted octanol–water partition coefficient (Wildman–Crippen LogP) is 2.76. The van der Waals surface area contributed by atoms with Crippen LogP contribution >= 0.6 is 0 Å². The Kier molecular flexibility index (Phi) is 4.75. The van der Waals surface area contributed by atoms with Gasteiger partial charge in [0.15, 0.2) is 0 Å². The summed E-state index contributed by atoms with van der Waals surface area (Å²) in [6.07, 6.45) is 1.47. The van der Waals surface area contributed by atoms with E-state index in [2.05, 4.69) is 4.98 Å². The summed E-state index contributed by atoms with van der Waals surface area (Å²) in [6.45, 7) is 3.63. The highest BCUT2D eigenvalue weighted by Crippen LogP contribution is 2.21. The van der Waals surface area contributed by atoms with E-state index in [-0.39, 0.29) is 17.8 Å². The van der Waals surface area contributed by atoms with Crippen LogP contribution in [0.4, 0.5) is 5.69 Å².